The van der Waals surface area contributed by atoms with E-state index in [1.165, 1.54) is 19.2 Å². The number of carbonyl (C=O) groups is 2. The number of rotatable bonds is 5. The number of phenolic OH excluding ortho intramolecular Hbond substituents is 1. The van der Waals surface area contributed by atoms with Crippen LogP contribution in [-0.2, 0) is 4.79 Å². The van der Waals surface area contributed by atoms with Crippen LogP contribution in [0, 0.1) is 0 Å². The van der Waals surface area contributed by atoms with Crippen molar-refractivity contribution in [3.05, 3.63) is 59.3 Å². The van der Waals surface area contributed by atoms with Crippen LogP contribution in [-0.4, -0.2) is 31.3 Å². The molecule has 2 aromatic rings. The number of nitrogens with one attached hydrogen (secondary N) is 3. The Labute approximate surface area is 162 Å². The summed E-state index contributed by atoms with van der Waals surface area (Å²) in [4.78, 5) is 25.0. The highest BCUT2D eigenvalue weighted by molar-refractivity contribution is 6.07. The van der Waals surface area contributed by atoms with Gasteiger partial charge in [0.05, 0.1) is 31.5 Å². The number of phenols is 1. The Bertz CT molecular complexity index is 937. The van der Waals surface area contributed by atoms with Crippen molar-refractivity contribution in [1.82, 2.24) is 10.6 Å². The van der Waals surface area contributed by atoms with Gasteiger partial charge in [-0.15, -0.1) is 0 Å². The van der Waals surface area contributed by atoms with E-state index < -0.39 is 18.0 Å². The number of carbonyl (C=O) groups excluding carboxylic acids is 2. The van der Waals surface area contributed by atoms with Gasteiger partial charge < -0.3 is 30.5 Å². The average molecular weight is 383 g/mol. The molecule has 4 N–H and O–H groups in total. The van der Waals surface area contributed by atoms with E-state index in [0.29, 0.717) is 34.0 Å². The molecule has 146 valence electrons. The summed E-state index contributed by atoms with van der Waals surface area (Å²) in [7, 11) is 3.04. The molecule has 1 heterocycles. The number of hydrogen-bond acceptors (Lipinski definition) is 5. The predicted molar refractivity (Wildman–Crippen MR) is 103 cm³/mol. The minimum absolute atomic E-state index is 0.0960. The first-order chi connectivity index (χ1) is 13.4. The summed E-state index contributed by atoms with van der Waals surface area (Å²) >= 11 is 0. The highest BCUT2D eigenvalue weighted by Crippen LogP contribution is 2.32. The first kappa shape index (κ1) is 19.1. The van der Waals surface area contributed by atoms with E-state index >= 15 is 0 Å². The van der Waals surface area contributed by atoms with Gasteiger partial charge in [-0.3, -0.25) is 4.79 Å². The molecule has 3 amide bonds. The van der Waals surface area contributed by atoms with Gasteiger partial charge in [-0.25, -0.2) is 4.79 Å². The summed E-state index contributed by atoms with van der Waals surface area (Å²) < 4.78 is 10.5. The molecule has 0 saturated carbocycles. The van der Waals surface area contributed by atoms with Crippen LogP contribution in [0.25, 0.3) is 0 Å². The Morgan fingerprint density at radius 3 is 2.46 bits per heavy atom. The van der Waals surface area contributed by atoms with Gasteiger partial charge in [0.25, 0.3) is 5.91 Å². The molecule has 1 atom stereocenters. The monoisotopic (exact) mass is 383 g/mol. The van der Waals surface area contributed by atoms with E-state index in [1.54, 1.807) is 44.4 Å². The number of anilines is 1. The Balaban J connectivity index is 1.94. The summed E-state index contributed by atoms with van der Waals surface area (Å²) in [6.45, 7) is 1.66. The zero-order valence-corrected chi connectivity index (χ0v) is 15.7. The van der Waals surface area contributed by atoms with Gasteiger partial charge in [0.1, 0.15) is 17.2 Å². The summed E-state index contributed by atoms with van der Waals surface area (Å²) in [6.07, 6.45) is 0. The van der Waals surface area contributed by atoms with Crippen LogP contribution in [0.15, 0.2) is 53.7 Å². The predicted octanol–water partition coefficient (Wildman–Crippen LogP) is 2.68. The van der Waals surface area contributed by atoms with E-state index in [2.05, 4.69) is 16.0 Å². The number of benzene rings is 2. The fourth-order valence-electron chi connectivity index (χ4n) is 3.00. The summed E-state index contributed by atoms with van der Waals surface area (Å²) in [5.74, 6) is 0.740. The third-order valence-electron chi connectivity index (χ3n) is 4.40. The van der Waals surface area contributed by atoms with Crippen molar-refractivity contribution in [2.24, 2.45) is 0 Å². The zero-order chi connectivity index (χ0) is 20.3. The molecule has 3 rings (SSSR count). The first-order valence-corrected chi connectivity index (χ1v) is 8.53. The van der Waals surface area contributed by atoms with Crippen LogP contribution in [0.4, 0.5) is 10.5 Å². The lowest BCUT2D eigenvalue weighted by Gasteiger charge is -2.28. The molecule has 2 aromatic carbocycles. The lowest BCUT2D eigenvalue weighted by molar-refractivity contribution is -0.113. The minimum Gasteiger partial charge on any atom is -0.508 e. The fraction of sp³-hybridized carbons (Fsp3) is 0.200. The second-order valence-electron chi connectivity index (χ2n) is 6.18. The molecule has 0 aromatic heterocycles. The Kier molecular flexibility index (Phi) is 5.39. The fourth-order valence-corrected chi connectivity index (χ4v) is 3.00. The van der Waals surface area contributed by atoms with Crippen molar-refractivity contribution < 1.29 is 24.2 Å². The topological polar surface area (TPSA) is 109 Å². The molecule has 8 heteroatoms. The molecule has 8 nitrogen and oxygen atoms in total. The van der Waals surface area contributed by atoms with Crippen LogP contribution >= 0.6 is 0 Å². The van der Waals surface area contributed by atoms with E-state index in [1.807, 2.05) is 0 Å². The first-order valence-electron chi connectivity index (χ1n) is 8.53. The maximum atomic E-state index is 13.1. The molecule has 1 aliphatic rings. The average Bonchev–Trinajstić information content (AvgIpc) is 2.68. The summed E-state index contributed by atoms with van der Waals surface area (Å²) in [6, 6.07) is 10.3. The molecule has 0 unspecified atom stereocenters. The second-order valence-corrected chi connectivity index (χ2v) is 6.18. The smallest absolute Gasteiger partial charge is 0.319 e. The van der Waals surface area contributed by atoms with E-state index in [9.17, 15) is 14.7 Å². The molecule has 0 bridgehead atoms. The Morgan fingerprint density at radius 2 is 1.82 bits per heavy atom. The maximum absolute atomic E-state index is 13.1. The highest BCUT2D eigenvalue weighted by atomic mass is 16.5. The number of methoxy groups -OCH3 is 2. The van der Waals surface area contributed by atoms with Gasteiger partial charge in [0, 0.05) is 11.8 Å². The lowest BCUT2D eigenvalue weighted by Crippen LogP contribution is -2.45. The Morgan fingerprint density at radius 1 is 1.11 bits per heavy atom. The number of urea groups is 1. The van der Waals surface area contributed by atoms with Crippen LogP contribution in [0.2, 0.25) is 0 Å². The zero-order valence-electron chi connectivity index (χ0n) is 15.7. The number of allylic oxidation sites excluding steroid dienone is 1. The van der Waals surface area contributed by atoms with Crippen molar-refractivity contribution in [2.75, 3.05) is 19.5 Å². The highest BCUT2D eigenvalue weighted by Gasteiger charge is 2.31. The van der Waals surface area contributed by atoms with Gasteiger partial charge in [0.2, 0.25) is 0 Å². The van der Waals surface area contributed by atoms with Gasteiger partial charge in [-0.05, 0) is 36.8 Å². The Hall–Kier alpha value is -3.68. The molecule has 0 saturated heterocycles. The molecule has 0 spiro atoms. The van der Waals surface area contributed by atoms with Gasteiger partial charge in [-0.2, -0.15) is 0 Å². The van der Waals surface area contributed by atoms with E-state index in [4.69, 9.17) is 9.47 Å². The molecule has 0 aliphatic carbocycles. The molecular weight excluding hydrogens is 362 g/mol. The molecular formula is C20H21N3O5. The minimum atomic E-state index is -0.668. The number of aromatic hydroxyl groups is 1. The van der Waals surface area contributed by atoms with Crippen molar-refractivity contribution >= 4 is 17.6 Å². The number of hydrogen-bond donors (Lipinski definition) is 4. The van der Waals surface area contributed by atoms with Gasteiger partial charge >= 0.3 is 6.03 Å². The summed E-state index contributed by atoms with van der Waals surface area (Å²) in [5, 5.41) is 17.7. The largest absolute Gasteiger partial charge is 0.508 e. The van der Waals surface area contributed by atoms with E-state index in [-0.39, 0.29) is 5.75 Å². The maximum Gasteiger partial charge on any atom is 0.319 e. The van der Waals surface area contributed by atoms with Crippen molar-refractivity contribution in [1.29, 1.82) is 0 Å². The quantitative estimate of drug-likeness (QED) is 0.635. The van der Waals surface area contributed by atoms with Crippen LogP contribution in [0.1, 0.15) is 18.5 Å². The van der Waals surface area contributed by atoms with Crippen LogP contribution in [0.3, 0.4) is 0 Å². The van der Waals surface area contributed by atoms with E-state index in [0.717, 1.165) is 0 Å². The third-order valence-corrected chi connectivity index (χ3v) is 4.40. The summed E-state index contributed by atoms with van der Waals surface area (Å²) in [5.41, 5.74) is 1.92. The number of amides is 3. The van der Waals surface area contributed by atoms with Gasteiger partial charge in [-0.1, -0.05) is 12.1 Å². The second kappa shape index (κ2) is 7.91. The molecule has 0 fully saturated rings. The SMILES string of the molecule is COc1ccc(NC(=O)C2=C(C)NC(=O)N[C@H]2c2ccc(O)cc2)c(OC)c1. The molecule has 1 aliphatic heterocycles. The normalized spacial score (nSPS) is 16.1. The van der Waals surface area contributed by atoms with Crippen LogP contribution < -0.4 is 25.4 Å². The van der Waals surface area contributed by atoms with Gasteiger partial charge in [0.15, 0.2) is 0 Å². The van der Waals surface area contributed by atoms with Crippen LogP contribution in [0.5, 0.6) is 17.2 Å². The van der Waals surface area contributed by atoms with Crippen molar-refractivity contribution in [3.63, 3.8) is 0 Å². The van der Waals surface area contributed by atoms with Crippen molar-refractivity contribution in [2.45, 2.75) is 13.0 Å². The molecule has 28 heavy (non-hydrogen) atoms. The third kappa shape index (κ3) is 3.85. The lowest BCUT2D eigenvalue weighted by atomic mass is 9.94. The standard InChI is InChI=1S/C20H21N3O5/c1-11-17(18(23-20(26)21-11)12-4-6-13(24)7-5-12)19(25)22-15-9-8-14(27-2)10-16(15)28-3/h4-10,18,24H,1-3H3,(H,22,25)(H2,21,23,26)/t18-/m0/s1. The van der Waals surface area contributed by atoms with Crippen molar-refractivity contribution in [3.8, 4) is 17.2 Å². The molecule has 0 radical (unpaired) electrons. The number of ether oxygens (including phenoxy) is 2.